The highest BCUT2D eigenvalue weighted by molar-refractivity contribution is 5.99. The predicted molar refractivity (Wildman–Crippen MR) is 97.4 cm³/mol. The largest absolute Gasteiger partial charge is 0.375 e. The van der Waals surface area contributed by atoms with E-state index in [4.69, 9.17) is 4.74 Å². The lowest BCUT2D eigenvalue weighted by atomic mass is 10.0. The number of nitro groups is 1. The standard InChI is InChI=1S/C20H20N2O3/c1-21-18-10-9-16(22(23)24)11-17(18)20(15-5-3-2-4-6-15)19(21)13-25-12-14-7-8-14/h2-6,9-11,14H,7-8,12-13H2,1H3. The molecular formula is C20H20N2O3. The predicted octanol–water partition coefficient (Wildman–Crippen LogP) is 4.68. The van der Waals surface area contributed by atoms with Crippen LogP contribution in [0.3, 0.4) is 0 Å². The van der Waals surface area contributed by atoms with Gasteiger partial charge in [-0.3, -0.25) is 10.1 Å². The molecule has 5 nitrogen and oxygen atoms in total. The molecule has 128 valence electrons. The summed E-state index contributed by atoms with van der Waals surface area (Å²) in [6.45, 7) is 1.30. The average Bonchev–Trinajstić information content (AvgIpc) is 3.41. The molecule has 0 bridgehead atoms. The molecule has 1 fully saturated rings. The maximum atomic E-state index is 11.2. The highest BCUT2D eigenvalue weighted by Gasteiger charge is 2.23. The van der Waals surface area contributed by atoms with E-state index in [1.807, 2.05) is 43.4 Å². The average molecular weight is 336 g/mol. The smallest absolute Gasteiger partial charge is 0.270 e. The number of aryl methyl sites for hydroxylation is 1. The normalized spacial score (nSPS) is 14.1. The van der Waals surface area contributed by atoms with Gasteiger partial charge in [0.25, 0.3) is 5.69 Å². The summed E-state index contributed by atoms with van der Waals surface area (Å²) in [6.07, 6.45) is 2.51. The Kier molecular flexibility index (Phi) is 4.01. The SMILES string of the molecule is Cn1c(COCC2CC2)c(-c2ccccc2)c2cc([N+](=O)[O-])ccc21. The summed E-state index contributed by atoms with van der Waals surface area (Å²) in [7, 11) is 2.00. The third-order valence-electron chi connectivity index (χ3n) is 4.87. The Hall–Kier alpha value is -2.66. The zero-order valence-corrected chi connectivity index (χ0v) is 14.1. The lowest BCUT2D eigenvalue weighted by molar-refractivity contribution is -0.384. The molecule has 4 rings (SSSR count). The Morgan fingerprint density at radius 2 is 1.96 bits per heavy atom. The highest BCUT2D eigenvalue weighted by Crippen LogP contribution is 2.37. The van der Waals surface area contributed by atoms with Crippen molar-refractivity contribution in [3.63, 3.8) is 0 Å². The molecule has 0 N–H and O–H groups in total. The summed E-state index contributed by atoms with van der Waals surface area (Å²) in [5.41, 5.74) is 4.23. The van der Waals surface area contributed by atoms with E-state index in [0.29, 0.717) is 12.5 Å². The van der Waals surface area contributed by atoms with Gasteiger partial charge in [0.1, 0.15) is 0 Å². The van der Waals surface area contributed by atoms with Crippen LogP contribution < -0.4 is 0 Å². The van der Waals surface area contributed by atoms with Crippen LogP contribution in [0.15, 0.2) is 48.5 Å². The number of ether oxygens (including phenoxy) is 1. The van der Waals surface area contributed by atoms with Gasteiger partial charge >= 0.3 is 0 Å². The number of nitrogens with zero attached hydrogens (tertiary/aromatic N) is 2. The number of nitro benzene ring substituents is 1. The van der Waals surface area contributed by atoms with Crippen LogP contribution >= 0.6 is 0 Å². The fourth-order valence-electron chi connectivity index (χ4n) is 3.30. The van der Waals surface area contributed by atoms with E-state index in [1.165, 1.54) is 12.8 Å². The van der Waals surface area contributed by atoms with E-state index in [-0.39, 0.29) is 10.6 Å². The van der Waals surface area contributed by atoms with Gasteiger partial charge in [-0.05, 0) is 30.4 Å². The first-order valence-corrected chi connectivity index (χ1v) is 8.54. The van der Waals surface area contributed by atoms with Crippen LogP contribution in [0.1, 0.15) is 18.5 Å². The summed E-state index contributed by atoms with van der Waals surface area (Å²) in [4.78, 5) is 10.9. The van der Waals surface area contributed by atoms with Crippen LogP contribution in [0.4, 0.5) is 5.69 Å². The van der Waals surface area contributed by atoms with Crippen LogP contribution in [-0.2, 0) is 18.4 Å². The number of hydrogen-bond acceptors (Lipinski definition) is 3. The highest BCUT2D eigenvalue weighted by atomic mass is 16.6. The molecule has 0 unspecified atom stereocenters. The summed E-state index contributed by atoms with van der Waals surface area (Å²) in [6, 6.07) is 15.1. The Bertz CT molecular complexity index is 927. The van der Waals surface area contributed by atoms with Crippen molar-refractivity contribution < 1.29 is 9.66 Å². The second-order valence-corrected chi connectivity index (χ2v) is 6.66. The van der Waals surface area contributed by atoms with Gasteiger partial charge in [-0.25, -0.2) is 0 Å². The van der Waals surface area contributed by atoms with Crippen molar-refractivity contribution in [2.45, 2.75) is 19.4 Å². The zero-order valence-electron chi connectivity index (χ0n) is 14.1. The monoisotopic (exact) mass is 336 g/mol. The summed E-state index contributed by atoms with van der Waals surface area (Å²) < 4.78 is 8.03. The van der Waals surface area contributed by atoms with Crippen molar-refractivity contribution >= 4 is 16.6 Å². The van der Waals surface area contributed by atoms with E-state index < -0.39 is 0 Å². The number of benzene rings is 2. The Morgan fingerprint density at radius 3 is 2.64 bits per heavy atom. The molecule has 1 heterocycles. The Balaban J connectivity index is 1.85. The van der Waals surface area contributed by atoms with Crippen molar-refractivity contribution in [1.29, 1.82) is 0 Å². The van der Waals surface area contributed by atoms with Crippen molar-refractivity contribution in [3.8, 4) is 11.1 Å². The molecule has 2 aromatic carbocycles. The van der Waals surface area contributed by atoms with E-state index in [1.54, 1.807) is 12.1 Å². The number of rotatable bonds is 6. The minimum Gasteiger partial charge on any atom is -0.375 e. The first-order chi connectivity index (χ1) is 12.1. The minimum atomic E-state index is -0.343. The summed E-state index contributed by atoms with van der Waals surface area (Å²) in [5.74, 6) is 0.705. The van der Waals surface area contributed by atoms with Crippen LogP contribution in [0, 0.1) is 16.0 Å². The van der Waals surface area contributed by atoms with Gasteiger partial charge < -0.3 is 9.30 Å². The van der Waals surface area contributed by atoms with Crippen molar-refractivity contribution in [1.82, 2.24) is 4.57 Å². The van der Waals surface area contributed by atoms with E-state index in [2.05, 4.69) is 4.57 Å². The molecule has 5 heteroatoms. The second kappa shape index (κ2) is 6.33. The van der Waals surface area contributed by atoms with Gasteiger partial charge in [0.2, 0.25) is 0 Å². The molecular weight excluding hydrogens is 316 g/mol. The quantitative estimate of drug-likeness (QED) is 0.485. The fraction of sp³-hybridized carbons (Fsp3) is 0.300. The maximum Gasteiger partial charge on any atom is 0.270 e. The molecule has 0 spiro atoms. The Labute approximate surface area is 146 Å². The summed E-state index contributed by atoms with van der Waals surface area (Å²) >= 11 is 0. The van der Waals surface area contributed by atoms with Gasteiger partial charge in [-0.1, -0.05) is 30.3 Å². The number of aromatic nitrogens is 1. The van der Waals surface area contributed by atoms with Gasteiger partial charge in [0.15, 0.2) is 0 Å². The lowest BCUT2D eigenvalue weighted by Crippen LogP contribution is -2.03. The van der Waals surface area contributed by atoms with Crippen LogP contribution in [-0.4, -0.2) is 16.1 Å². The Morgan fingerprint density at radius 1 is 1.20 bits per heavy atom. The molecule has 1 aliphatic carbocycles. The molecule has 0 amide bonds. The topological polar surface area (TPSA) is 57.3 Å². The molecule has 1 aromatic heterocycles. The van der Waals surface area contributed by atoms with Crippen molar-refractivity contribution in [3.05, 3.63) is 64.3 Å². The molecule has 1 aliphatic rings. The van der Waals surface area contributed by atoms with E-state index in [9.17, 15) is 10.1 Å². The first kappa shape index (κ1) is 15.8. The molecule has 0 radical (unpaired) electrons. The van der Waals surface area contributed by atoms with Crippen molar-refractivity contribution in [2.75, 3.05) is 6.61 Å². The number of fused-ring (bicyclic) bond motifs is 1. The minimum absolute atomic E-state index is 0.112. The van der Waals surface area contributed by atoms with Gasteiger partial charge in [0, 0.05) is 42.3 Å². The van der Waals surface area contributed by atoms with Crippen LogP contribution in [0.5, 0.6) is 0 Å². The van der Waals surface area contributed by atoms with Crippen LogP contribution in [0.25, 0.3) is 22.0 Å². The summed E-state index contributed by atoms with van der Waals surface area (Å²) in [5, 5.41) is 12.1. The van der Waals surface area contributed by atoms with Crippen molar-refractivity contribution in [2.24, 2.45) is 13.0 Å². The third kappa shape index (κ3) is 3.03. The van der Waals surface area contributed by atoms with Gasteiger partial charge in [0.05, 0.1) is 17.2 Å². The molecule has 0 saturated heterocycles. The van der Waals surface area contributed by atoms with Crippen LogP contribution in [0.2, 0.25) is 0 Å². The second-order valence-electron chi connectivity index (χ2n) is 6.66. The molecule has 3 aromatic rings. The number of hydrogen-bond donors (Lipinski definition) is 0. The first-order valence-electron chi connectivity index (χ1n) is 8.54. The number of non-ortho nitro benzene ring substituents is 1. The molecule has 0 atom stereocenters. The fourth-order valence-corrected chi connectivity index (χ4v) is 3.30. The van der Waals surface area contributed by atoms with E-state index in [0.717, 1.165) is 34.3 Å². The molecule has 0 aliphatic heterocycles. The molecule has 25 heavy (non-hydrogen) atoms. The lowest BCUT2D eigenvalue weighted by Gasteiger charge is -2.09. The maximum absolute atomic E-state index is 11.2. The third-order valence-corrected chi connectivity index (χ3v) is 4.87. The molecule has 1 saturated carbocycles. The van der Waals surface area contributed by atoms with Gasteiger partial charge in [-0.2, -0.15) is 0 Å². The van der Waals surface area contributed by atoms with Gasteiger partial charge in [-0.15, -0.1) is 0 Å². The zero-order chi connectivity index (χ0) is 17.4. The van der Waals surface area contributed by atoms with E-state index >= 15 is 0 Å².